The van der Waals surface area contributed by atoms with Gasteiger partial charge in [-0.25, -0.2) is 4.39 Å². The summed E-state index contributed by atoms with van der Waals surface area (Å²) in [7, 11) is 0. The predicted octanol–water partition coefficient (Wildman–Crippen LogP) is 6.97. The Bertz CT molecular complexity index is 1430. The van der Waals surface area contributed by atoms with Gasteiger partial charge in [-0.1, -0.05) is 42.3 Å². The van der Waals surface area contributed by atoms with Gasteiger partial charge in [-0.3, -0.25) is 9.69 Å². The standard InChI is InChI=1S/C34H41Cl2FN4O2S.ClH/c1-2-44-32-21-29(37)5-3-25(32)22-40-13-15-41(16-14-40)34(43)33(38)23-7-10-39(11-8-23)12-9-24-17-27(35)4-6-31(24)26-18-28(36)20-30(42)19-26;/h3-6,17-21,23,33,42H,2,7-16,22,38H2,1H3;1H/t33-;/m1./s1. The van der Waals surface area contributed by atoms with Crippen LogP contribution in [0.25, 0.3) is 11.1 Å². The topological polar surface area (TPSA) is 73.0 Å². The first-order valence-corrected chi connectivity index (χ1v) is 17.1. The summed E-state index contributed by atoms with van der Waals surface area (Å²) in [5, 5.41) is 11.2. The number of halogens is 4. The van der Waals surface area contributed by atoms with Crippen LogP contribution in [0.4, 0.5) is 4.39 Å². The van der Waals surface area contributed by atoms with Crippen molar-refractivity contribution >= 4 is 53.3 Å². The Balaban J connectivity index is 0.00000461. The van der Waals surface area contributed by atoms with Crippen LogP contribution in [0.1, 0.15) is 30.9 Å². The number of amides is 1. The number of nitrogens with zero attached hydrogens (tertiary/aromatic N) is 3. The molecule has 2 heterocycles. The SMILES string of the molecule is CCSc1cc(F)ccc1CN1CCN(C(=O)[C@H](N)C2CCN(CCc3cc(Cl)ccc3-c3cc(O)cc(Cl)c3)CC2)CC1.Cl. The van der Waals surface area contributed by atoms with E-state index in [1.165, 1.54) is 12.1 Å². The Kier molecular flexibility index (Phi) is 13.3. The molecule has 0 saturated carbocycles. The first-order chi connectivity index (χ1) is 21.2. The number of rotatable bonds is 10. The molecular formula is C34H42Cl3FN4O2S. The van der Waals surface area contributed by atoms with Crippen molar-refractivity contribution in [3.8, 4) is 16.9 Å². The summed E-state index contributed by atoms with van der Waals surface area (Å²) < 4.78 is 13.8. The number of likely N-dealkylation sites (tertiary alicyclic amines) is 1. The second-order valence-electron chi connectivity index (χ2n) is 11.7. The number of carbonyl (C=O) groups is 1. The molecule has 5 rings (SSSR count). The maximum atomic E-state index is 13.8. The average Bonchev–Trinajstić information content (AvgIpc) is 3.01. The number of phenols is 1. The molecule has 3 aromatic rings. The Morgan fingerprint density at radius 2 is 1.69 bits per heavy atom. The van der Waals surface area contributed by atoms with Crippen LogP contribution in [0, 0.1) is 11.7 Å². The highest BCUT2D eigenvalue weighted by Gasteiger charge is 2.33. The van der Waals surface area contributed by atoms with Gasteiger partial charge >= 0.3 is 0 Å². The van der Waals surface area contributed by atoms with Crippen molar-refractivity contribution in [3.05, 3.63) is 81.6 Å². The van der Waals surface area contributed by atoms with Crippen molar-refractivity contribution in [2.24, 2.45) is 11.7 Å². The van der Waals surface area contributed by atoms with E-state index in [1.54, 1.807) is 23.9 Å². The van der Waals surface area contributed by atoms with Gasteiger partial charge in [-0.2, -0.15) is 0 Å². The predicted molar refractivity (Wildman–Crippen MR) is 186 cm³/mol. The van der Waals surface area contributed by atoms with Gasteiger partial charge in [-0.15, -0.1) is 24.2 Å². The van der Waals surface area contributed by atoms with E-state index in [0.29, 0.717) is 23.1 Å². The molecule has 1 amide bonds. The summed E-state index contributed by atoms with van der Waals surface area (Å²) in [5.74, 6) is 1.05. The maximum absolute atomic E-state index is 13.8. The molecule has 3 N–H and O–H groups in total. The van der Waals surface area contributed by atoms with Crippen molar-refractivity contribution in [1.29, 1.82) is 0 Å². The normalized spacial score (nSPS) is 17.2. The summed E-state index contributed by atoms with van der Waals surface area (Å²) in [6.07, 6.45) is 2.58. The van der Waals surface area contributed by atoms with Gasteiger partial charge in [0, 0.05) is 54.2 Å². The van der Waals surface area contributed by atoms with Crippen molar-refractivity contribution in [1.82, 2.24) is 14.7 Å². The molecule has 0 aliphatic carbocycles. The molecule has 2 aliphatic rings. The summed E-state index contributed by atoms with van der Waals surface area (Å²) in [6.45, 7) is 8.37. The van der Waals surface area contributed by atoms with Crippen LogP contribution in [-0.2, 0) is 17.8 Å². The molecule has 244 valence electrons. The smallest absolute Gasteiger partial charge is 0.239 e. The molecule has 2 saturated heterocycles. The van der Waals surface area contributed by atoms with Gasteiger partial charge in [0.25, 0.3) is 0 Å². The first kappa shape index (κ1) is 35.8. The zero-order valence-electron chi connectivity index (χ0n) is 25.6. The lowest BCUT2D eigenvalue weighted by Crippen LogP contribution is -2.55. The van der Waals surface area contributed by atoms with E-state index >= 15 is 0 Å². The van der Waals surface area contributed by atoms with Crippen molar-refractivity contribution in [2.75, 3.05) is 51.6 Å². The summed E-state index contributed by atoms with van der Waals surface area (Å²) in [4.78, 5) is 21.0. The van der Waals surface area contributed by atoms with Crippen LogP contribution in [0.15, 0.2) is 59.5 Å². The lowest BCUT2D eigenvalue weighted by molar-refractivity contribution is -0.136. The number of phenolic OH excluding ortho intramolecular Hbond substituents is 1. The van der Waals surface area contributed by atoms with Crippen LogP contribution in [0.2, 0.25) is 10.0 Å². The number of aromatic hydroxyl groups is 1. The second-order valence-corrected chi connectivity index (χ2v) is 13.9. The van der Waals surface area contributed by atoms with Crippen molar-refractivity contribution in [2.45, 2.75) is 43.7 Å². The maximum Gasteiger partial charge on any atom is 0.239 e. The minimum absolute atomic E-state index is 0. The lowest BCUT2D eigenvalue weighted by Gasteiger charge is -2.39. The molecular weight excluding hydrogens is 654 g/mol. The largest absolute Gasteiger partial charge is 0.508 e. The molecule has 11 heteroatoms. The van der Waals surface area contributed by atoms with Crippen LogP contribution in [-0.4, -0.2) is 83.3 Å². The van der Waals surface area contributed by atoms with Gasteiger partial charge in [0.2, 0.25) is 5.91 Å². The Labute approximate surface area is 286 Å². The summed E-state index contributed by atoms with van der Waals surface area (Å²) in [5.41, 5.74) is 10.7. The lowest BCUT2D eigenvalue weighted by atomic mass is 9.88. The van der Waals surface area contributed by atoms with Gasteiger partial charge < -0.3 is 20.6 Å². The van der Waals surface area contributed by atoms with E-state index in [-0.39, 0.29) is 35.8 Å². The molecule has 6 nitrogen and oxygen atoms in total. The quantitative estimate of drug-likeness (QED) is 0.224. The molecule has 0 aromatic heterocycles. The number of hydrogen-bond donors (Lipinski definition) is 2. The van der Waals surface area contributed by atoms with E-state index in [1.807, 2.05) is 35.2 Å². The van der Waals surface area contributed by atoms with Crippen LogP contribution >= 0.6 is 47.4 Å². The number of hydrogen-bond acceptors (Lipinski definition) is 6. The highest BCUT2D eigenvalue weighted by atomic mass is 35.5. The first-order valence-electron chi connectivity index (χ1n) is 15.4. The van der Waals surface area contributed by atoms with E-state index in [9.17, 15) is 14.3 Å². The third-order valence-corrected chi connectivity index (χ3v) is 10.2. The van der Waals surface area contributed by atoms with Gasteiger partial charge in [-0.05, 0) is 109 Å². The van der Waals surface area contributed by atoms with Gasteiger partial charge in [0.05, 0.1) is 6.04 Å². The summed E-state index contributed by atoms with van der Waals surface area (Å²) >= 11 is 14.2. The molecule has 0 radical (unpaired) electrons. The Hall–Kier alpha value is -2.04. The monoisotopic (exact) mass is 694 g/mol. The van der Waals surface area contributed by atoms with Gasteiger partial charge in [0.15, 0.2) is 0 Å². The number of carbonyl (C=O) groups excluding carboxylic acids is 1. The molecule has 0 spiro atoms. The highest BCUT2D eigenvalue weighted by molar-refractivity contribution is 7.99. The molecule has 1 atom stereocenters. The number of nitrogens with two attached hydrogens (primary N) is 1. The minimum Gasteiger partial charge on any atom is -0.508 e. The number of piperidine rings is 1. The fourth-order valence-electron chi connectivity index (χ4n) is 6.32. The van der Waals surface area contributed by atoms with Gasteiger partial charge in [0.1, 0.15) is 11.6 Å². The highest BCUT2D eigenvalue weighted by Crippen LogP contribution is 2.32. The van der Waals surface area contributed by atoms with E-state index in [0.717, 1.165) is 91.4 Å². The number of thioether (sulfide) groups is 1. The molecule has 2 aliphatic heterocycles. The Morgan fingerprint density at radius 1 is 0.956 bits per heavy atom. The number of benzene rings is 3. The third kappa shape index (κ3) is 9.50. The second kappa shape index (κ2) is 16.7. The van der Waals surface area contributed by atoms with E-state index in [2.05, 4.69) is 16.7 Å². The van der Waals surface area contributed by atoms with Crippen LogP contribution in [0.3, 0.4) is 0 Å². The zero-order valence-corrected chi connectivity index (χ0v) is 28.7. The van der Waals surface area contributed by atoms with E-state index in [4.69, 9.17) is 28.9 Å². The zero-order chi connectivity index (χ0) is 31.2. The fraction of sp³-hybridized carbons (Fsp3) is 0.441. The molecule has 0 bridgehead atoms. The fourth-order valence-corrected chi connectivity index (χ4v) is 7.57. The van der Waals surface area contributed by atoms with E-state index < -0.39 is 6.04 Å². The van der Waals surface area contributed by atoms with Crippen molar-refractivity contribution < 1.29 is 14.3 Å². The number of piperazine rings is 1. The van der Waals surface area contributed by atoms with Crippen LogP contribution in [0.5, 0.6) is 5.75 Å². The Morgan fingerprint density at radius 3 is 2.38 bits per heavy atom. The van der Waals surface area contributed by atoms with Crippen molar-refractivity contribution in [3.63, 3.8) is 0 Å². The molecule has 2 fully saturated rings. The molecule has 0 unspecified atom stereocenters. The van der Waals surface area contributed by atoms with Crippen LogP contribution < -0.4 is 5.73 Å². The summed E-state index contributed by atoms with van der Waals surface area (Å²) in [6, 6.07) is 15.5. The molecule has 45 heavy (non-hydrogen) atoms. The average molecular weight is 696 g/mol. The minimum atomic E-state index is -0.483. The molecule has 3 aromatic carbocycles. The third-order valence-electron chi connectivity index (χ3n) is 8.79.